The van der Waals surface area contributed by atoms with Gasteiger partial charge < -0.3 is 31.1 Å². The number of hydrogen-bond donors (Lipinski definition) is 6. The van der Waals surface area contributed by atoms with Crippen molar-refractivity contribution in [2.24, 2.45) is 0 Å². The van der Waals surface area contributed by atoms with Crippen LogP contribution in [0, 0.1) is 0 Å². The average molecular weight is 465 g/mol. The van der Waals surface area contributed by atoms with Gasteiger partial charge in [-0.05, 0) is 48.2 Å². The summed E-state index contributed by atoms with van der Waals surface area (Å²) in [5.74, 6) is 0.0491. The summed E-state index contributed by atoms with van der Waals surface area (Å²) >= 11 is 0. The van der Waals surface area contributed by atoms with E-state index >= 15 is 0 Å². The quantitative estimate of drug-likeness (QED) is 0.259. The summed E-state index contributed by atoms with van der Waals surface area (Å²) in [5.41, 5.74) is 3.66. The molecule has 0 aliphatic heterocycles. The first-order valence-electron chi connectivity index (χ1n) is 11.3. The number of para-hydroxylation sites is 1. The van der Waals surface area contributed by atoms with E-state index in [2.05, 4.69) is 10.6 Å². The van der Waals surface area contributed by atoms with Crippen molar-refractivity contribution in [1.29, 1.82) is 0 Å². The molecule has 0 radical (unpaired) electrons. The Morgan fingerprint density at radius 3 is 2.41 bits per heavy atom. The Labute approximate surface area is 199 Å². The number of amides is 1. The van der Waals surface area contributed by atoms with E-state index in [9.17, 15) is 25.2 Å². The predicted octanol–water partition coefficient (Wildman–Crippen LogP) is 2.70. The van der Waals surface area contributed by atoms with E-state index in [0.29, 0.717) is 23.2 Å². The van der Waals surface area contributed by atoms with Crippen LogP contribution in [0.5, 0.6) is 11.5 Å². The molecule has 0 saturated heterocycles. The number of nitrogens with one attached hydrogen (secondary N) is 2. The second kappa shape index (κ2) is 12.2. The highest BCUT2D eigenvalue weighted by molar-refractivity contribution is 5.78. The Morgan fingerprint density at radius 1 is 0.912 bits per heavy atom. The number of phenolic OH excluding ortho intramolecular Hbond substituents is 1. The highest BCUT2D eigenvalue weighted by Gasteiger charge is 2.13. The van der Waals surface area contributed by atoms with Crippen LogP contribution in [0.3, 0.4) is 0 Å². The van der Waals surface area contributed by atoms with Gasteiger partial charge in [0.05, 0.1) is 19.1 Å². The van der Waals surface area contributed by atoms with Gasteiger partial charge in [-0.25, -0.2) is 0 Å². The molecule has 6 N–H and O–H groups in total. The molecule has 2 atom stereocenters. The molecule has 0 heterocycles. The van der Waals surface area contributed by atoms with Gasteiger partial charge in [-0.2, -0.15) is 0 Å². The van der Waals surface area contributed by atoms with E-state index < -0.39 is 6.10 Å². The van der Waals surface area contributed by atoms with Gasteiger partial charge in [-0.15, -0.1) is 0 Å². The van der Waals surface area contributed by atoms with Crippen molar-refractivity contribution < 1.29 is 25.2 Å². The molecular formula is C27H32N2O5. The average Bonchev–Trinajstić information content (AvgIpc) is 2.82. The normalized spacial score (nSPS) is 12.8. The van der Waals surface area contributed by atoms with Gasteiger partial charge in [0.1, 0.15) is 11.5 Å². The molecule has 3 rings (SSSR count). The van der Waals surface area contributed by atoms with Gasteiger partial charge >= 0.3 is 0 Å². The molecule has 3 aromatic carbocycles. The summed E-state index contributed by atoms with van der Waals surface area (Å²) in [5, 5.41) is 45.4. The number of phenols is 2. The van der Waals surface area contributed by atoms with E-state index in [4.69, 9.17) is 0 Å². The fourth-order valence-corrected chi connectivity index (χ4v) is 3.76. The highest BCUT2D eigenvalue weighted by Crippen LogP contribution is 2.22. The van der Waals surface area contributed by atoms with E-state index in [1.165, 1.54) is 6.07 Å². The minimum atomic E-state index is -0.771. The number of aliphatic hydroxyl groups excluding tert-OH is 2. The second-order valence-electron chi connectivity index (χ2n) is 8.48. The monoisotopic (exact) mass is 464 g/mol. The van der Waals surface area contributed by atoms with Crippen LogP contribution in [-0.2, 0) is 30.8 Å². The third-order valence-corrected chi connectivity index (χ3v) is 5.68. The molecule has 0 fully saturated rings. The molecule has 0 bridgehead atoms. The molecule has 0 aliphatic rings. The van der Waals surface area contributed by atoms with Crippen molar-refractivity contribution in [1.82, 2.24) is 10.6 Å². The minimum Gasteiger partial charge on any atom is -0.508 e. The number of rotatable bonds is 11. The zero-order valence-electron chi connectivity index (χ0n) is 19.2. The van der Waals surface area contributed by atoms with Crippen LogP contribution in [0.25, 0.3) is 0 Å². The molecular weight excluding hydrogens is 432 g/mol. The van der Waals surface area contributed by atoms with Gasteiger partial charge in [0.2, 0.25) is 5.91 Å². The molecule has 180 valence electrons. The first-order valence-corrected chi connectivity index (χ1v) is 11.3. The lowest BCUT2D eigenvalue weighted by Crippen LogP contribution is -2.32. The van der Waals surface area contributed by atoms with Crippen molar-refractivity contribution >= 4 is 5.91 Å². The molecule has 7 heteroatoms. The molecule has 7 nitrogen and oxygen atoms in total. The smallest absolute Gasteiger partial charge is 0.224 e. The number of hydrogen-bond acceptors (Lipinski definition) is 6. The van der Waals surface area contributed by atoms with Crippen molar-refractivity contribution in [3.05, 3.63) is 94.5 Å². The van der Waals surface area contributed by atoms with Gasteiger partial charge in [0.15, 0.2) is 0 Å². The van der Waals surface area contributed by atoms with E-state index in [1.54, 1.807) is 30.3 Å². The maximum atomic E-state index is 12.3. The van der Waals surface area contributed by atoms with Crippen LogP contribution in [0.1, 0.15) is 40.8 Å². The third-order valence-electron chi connectivity index (χ3n) is 5.68. The number of benzene rings is 3. The van der Waals surface area contributed by atoms with Crippen LogP contribution in [0.2, 0.25) is 0 Å². The number of aliphatic hydroxyl groups is 2. The summed E-state index contributed by atoms with van der Waals surface area (Å²) < 4.78 is 0. The fourth-order valence-electron chi connectivity index (χ4n) is 3.76. The van der Waals surface area contributed by atoms with Crippen LogP contribution in [-0.4, -0.2) is 38.9 Å². The van der Waals surface area contributed by atoms with E-state index in [-0.39, 0.29) is 43.0 Å². The molecule has 3 aromatic rings. The van der Waals surface area contributed by atoms with Crippen LogP contribution in [0.15, 0.2) is 66.7 Å². The maximum absolute atomic E-state index is 12.3. The SMILES string of the molecule is CC(Cc1cccc(CC(=O)NCc2ccccc2O)c1)NC[C@H](O)c1ccc(O)c(CO)c1. The fraction of sp³-hybridized carbons (Fsp3) is 0.296. The number of carbonyl (C=O) groups excluding carboxylic acids is 1. The molecule has 0 aromatic heterocycles. The first-order chi connectivity index (χ1) is 16.4. The Morgan fingerprint density at radius 2 is 1.65 bits per heavy atom. The van der Waals surface area contributed by atoms with Crippen molar-refractivity contribution in [3.63, 3.8) is 0 Å². The Balaban J connectivity index is 1.48. The summed E-state index contributed by atoms with van der Waals surface area (Å²) in [6.45, 7) is 2.33. The molecule has 1 unspecified atom stereocenters. The van der Waals surface area contributed by atoms with Gasteiger partial charge in [0.25, 0.3) is 0 Å². The lowest BCUT2D eigenvalue weighted by atomic mass is 10.0. The standard InChI is InChI=1S/C27H32N2O5/c1-18(28-16-26(33)21-9-10-25(32)23(14-21)17-30)11-19-5-4-6-20(12-19)13-27(34)29-15-22-7-2-3-8-24(22)31/h2-10,12,14,18,26,28,30-33H,11,13,15-17H2,1H3,(H,29,34)/t18?,26-/m0/s1. The van der Waals surface area contributed by atoms with Gasteiger partial charge in [-0.1, -0.05) is 48.5 Å². The summed E-state index contributed by atoms with van der Waals surface area (Å²) in [4.78, 5) is 12.3. The third kappa shape index (κ3) is 7.31. The van der Waals surface area contributed by atoms with E-state index in [1.807, 2.05) is 37.3 Å². The van der Waals surface area contributed by atoms with Crippen molar-refractivity contribution in [2.45, 2.75) is 45.1 Å². The molecule has 0 saturated carbocycles. The Bertz CT molecular complexity index is 1100. The zero-order chi connectivity index (χ0) is 24.5. The summed E-state index contributed by atoms with van der Waals surface area (Å²) in [6.07, 6.45) is 0.195. The highest BCUT2D eigenvalue weighted by atomic mass is 16.3. The van der Waals surface area contributed by atoms with Crippen molar-refractivity contribution in [3.8, 4) is 11.5 Å². The minimum absolute atomic E-state index is 0.00607. The van der Waals surface area contributed by atoms with Crippen LogP contribution >= 0.6 is 0 Å². The van der Waals surface area contributed by atoms with Crippen LogP contribution < -0.4 is 10.6 Å². The van der Waals surface area contributed by atoms with Gasteiger partial charge in [-0.3, -0.25) is 4.79 Å². The maximum Gasteiger partial charge on any atom is 0.224 e. The Kier molecular flexibility index (Phi) is 9.04. The topological polar surface area (TPSA) is 122 Å². The first kappa shape index (κ1) is 25.2. The van der Waals surface area contributed by atoms with Gasteiger partial charge in [0, 0.05) is 30.3 Å². The lowest BCUT2D eigenvalue weighted by Gasteiger charge is -2.18. The second-order valence-corrected chi connectivity index (χ2v) is 8.48. The number of aromatic hydroxyl groups is 2. The van der Waals surface area contributed by atoms with E-state index in [0.717, 1.165) is 17.5 Å². The summed E-state index contributed by atoms with van der Waals surface area (Å²) in [6, 6.07) is 19.5. The molecule has 34 heavy (non-hydrogen) atoms. The van der Waals surface area contributed by atoms with Crippen LogP contribution in [0.4, 0.5) is 0 Å². The number of carbonyl (C=O) groups is 1. The predicted molar refractivity (Wildman–Crippen MR) is 130 cm³/mol. The largest absolute Gasteiger partial charge is 0.508 e. The zero-order valence-corrected chi connectivity index (χ0v) is 19.2. The molecule has 0 spiro atoms. The molecule has 1 amide bonds. The Hall–Kier alpha value is -3.39. The summed E-state index contributed by atoms with van der Waals surface area (Å²) in [7, 11) is 0. The molecule has 0 aliphatic carbocycles. The lowest BCUT2D eigenvalue weighted by molar-refractivity contribution is -0.120. The van der Waals surface area contributed by atoms with Crippen molar-refractivity contribution in [2.75, 3.05) is 6.54 Å².